The molecule has 4 unspecified atom stereocenters. The topological polar surface area (TPSA) is 257 Å². The molecule has 4 atom stereocenters. The first-order chi connectivity index (χ1) is 20.6. The van der Waals surface area contributed by atoms with E-state index in [1.807, 2.05) is 30.5 Å². The number of fused-ring (bicyclic) bond motifs is 1. The number of amides is 3. The third kappa shape index (κ3) is 12.1. The van der Waals surface area contributed by atoms with Gasteiger partial charge >= 0.3 is 5.97 Å². The standard InChI is InChI=1S/C28H45N9O5S/c1-43-14-11-19(30)24(38)37-23(15-17-16-34-20-8-3-2-7-18(17)20)26(40)35-21(10-6-13-33-28(31)32)25(39)36-22(27(41)42)9-4-5-12-29/h2-3,7-8,16,19,21-23,34H,4-6,9-15,29-30H2,1H3,(H,35,40)(H,36,39)(H,37,38)(H,41,42)(H4,31,32,33). The van der Waals surface area contributed by atoms with E-state index in [2.05, 4.69) is 25.9 Å². The summed E-state index contributed by atoms with van der Waals surface area (Å²) in [5, 5.41) is 18.5. The molecule has 2 rings (SSSR count). The maximum absolute atomic E-state index is 13.7. The van der Waals surface area contributed by atoms with E-state index in [0.29, 0.717) is 38.0 Å². The zero-order valence-corrected chi connectivity index (χ0v) is 25.3. The number of hydrogen-bond donors (Lipinski definition) is 9. The monoisotopic (exact) mass is 619 g/mol. The third-order valence-electron chi connectivity index (χ3n) is 6.84. The molecule has 3 amide bonds. The van der Waals surface area contributed by atoms with E-state index in [9.17, 15) is 24.3 Å². The smallest absolute Gasteiger partial charge is 0.326 e. The second-order valence-corrected chi connectivity index (χ2v) is 11.2. The third-order valence-corrected chi connectivity index (χ3v) is 7.49. The Morgan fingerprint density at radius 1 is 0.930 bits per heavy atom. The summed E-state index contributed by atoms with van der Waals surface area (Å²) < 4.78 is 0. The number of guanidine groups is 1. The van der Waals surface area contributed by atoms with Gasteiger partial charge in [-0.3, -0.25) is 19.4 Å². The molecule has 0 aliphatic carbocycles. The van der Waals surface area contributed by atoms with Gasteiger partial charge < -0.3 is 49.0 Å². The van der Waals surface area contributed by atoms with Crippen LogP contribution in [0.15, 0.2) is 35.5 Å². The van der Waals surface area contributed by atoms with Crippen LogP contribution >= 0.6 is 11.8 Å². The number of aromatic nitrogens is 1. The average Bonchev–Trinajstić information content (AvgIpc) is 3.38. The van der Waals surface area contributed by atoms with E-state index in [1.165, 1.54) is 0 Å². The van der Waals surface area contributed by atoms with Crippen LogP contribution in [-0.4, -0.2) is 89.0 Å². The van der Waals surface area contributed by atoms with Crippen molar-refractivity contribution < 1.29 is 24.3 Å². The zero-order valence-electron chi connectivity index (χ0n) is 24.5. The fourth-order valence-electron chi connectivity index (χ4n) is 4.45. The first-order valence-electron chi connectivity index (χ1n) is 14.3. The number of nitrogens with zero attached hydrogens (tertiary/aromatic N) is 1. The van der Waals surface area contributed by atoms with Gasteiger partial charge in [0, 0.05) is 30.1 Å². The quantitative estimate of drug-likeness (QED) is 0.0522. The summed E-state index contributed by atoms with van der Waals surface area (Å²) in [7, 11) is 0. The molecule has 0 spiro atoms. The van der Waals surface area contributed by atoms with Crippen LogP contribution in [0.1, 0.15) is 44.1 Å². The number of carbonyl (C=O) groups is 4. The number of hydrogen-bond acceptors (Lipinski definition) is 8. The number of H-pyrrole nitrogens is 1. The second kappa shape index (κ2) is 18.7. The molecular weight excluding hydrogens is 574 g/mol. The number of aliphatic imine (C=N–C) groups is 1. The highest BCUT2D eigenvalue weighted by Gasteiger charge is 2.30. The minimum Gasteiger partial charge on any atom is -0.480 e. The van der Waals surface area contributed by atoms with Gasteiger partial charge in [-0.2, -0.15) is 11.8 Å². The Morgan fingerprint density at radius 2 is 1.58 bits per heavy atom. The van der Waals surface area contributed by atoms with Crippen LogP contribution in [0.4, 0.5) is 0 Å². The van der Waals surface area contributed by atoms with E-state index >= 15 is 0 Å². The lowest BCUT2D eigenvalue weighted by atomic mass is 10.0. The molecule has 43 heavy (non-hydrogen) atoms. The predicted octanol–water partition coefficient (Wildman–Crippen LogP) is -0.488. The number of rotatable bonds is 20. The highest BCUT2D eigenvalue weighted by atomic mass is 32.2. The van der Waals surface area contributed by atoms with Gasteiger partial charge in [0.15, 0.2) is 5.96 Å². The van der Waals surface area contributed by atoms with E-state index < -0.39 is 47.9 Å². The number of thioether (sulfide) groups is 1. The van der Waals surface area contributed by atoms with Gasteiger partial charge in [-0.25, -0.2) is 4.79 Å². The molecule has 1 aromatic heterocycles. The van der Waals surface area contributed by atoms with Crippen LogP contribution in [-0.2, 0) is 25.6 Å². The van der Waals surface area contributed by atoms with E-state index in [4.69, 9.17) is 22.9 Å². The van der Waals surface area contributed by atoms with Crippen LogP contribution in [0.5, 0.6) is 0 Å². The van der Waals surface area contributed by atoms with E-state index in [-0.39, 0.29) is 31.8 Å². The fraction of sp³-hybridized carbons (Fsp3) is 0.536. The number of para-hydroxylation sites is 1. The Labute approximate surface area is 255 Å². The largest absolute Gasteiger partial charge is 0.480 e. The second-order valence-electron chi connectivity index (χ2n) is 10.2. The molecule has 0 fully saturated rings. The molecule has 14 nitrogen and oxygen atoms in total. The molecule has 13 N–H and O–H groups in total. The van der Waals surface area contributed by atoms with Gasteiger partial charge in [-0.05, 0) is 68.7 Å². The lowest BCUT2D eigenvalue weighted by molar-refractivity contribution is -0.142. The molecule has 15 heteroatoms. The van der Waals surface area contributed by atoms with E-state index in [1.54, 1.807) is 18.0 Å². The molecule has 1 heterocycles. The number of aliphatic carboxylic acids is 1. The number of nitrogens with one attached hydrogen (secondary N) is 4. The SMILES string of the molecule is CSCCC(N)C(=O)NC(Cc1c[nH]c2ccccc12)C(=O)NC(CCCN=C(N)N)C(=O)NC(CCCCN)C(=O)O. The van der Waals surface area contributed by atoms with Crippen LogP contribution in [0.3, 0.4) is 0 Å². The van der Waals surface area contributed by atoms with Gasteiger partial charge in [0.2, 0.25) is 17.7 Å². The van der Waals surface area contributed by atoms with Crippen LogP contribution in [0, 0.1) is 0 Å². The highest BCUT2D eigenvalue weighted by molar-refractivity contribution is 7.98. The number of carboxylic acid groups (broad SMARTS) is 1. The number of carbonyl (C=O) groups excluding carboxylic acids is 3. The Bertz CT molecular complexity index is 1230. The number of unbranched alkanes of at least 4 members (excludes halogenated alkanes) is 1. The van der Waals surface area contributed by atoms with Crippen LogP contribution < -0.4 is 38.9 Å². The first-order valence-corrected chi connectivity index (χ1v) is 15.7. The molecule has 0 saturated heterocycles. The maximum Gasteiger partial charge on any atom is 0.326 e. The number of aromatic amines is 1. The van der Waals surface area contributed by atoms with Crippen molar-refractivity contribution in [3.63, 3.8) is 0 Å². The van der Waals surface area contributed by atoms with Crippen LogP contribution in [0.25, 0.3) is 10.9 Å². The summed E-state index contributed by atoms with van der Waals surface area (Å²) in [4.78, 5) is 58.9. The Balaban J connectivity index is 2.29. The highest BCUT2D eigenvalue weighted by Crippen LogP contribution is 2.19. The predicted molar refractivity (Wildman–Crippen MR) is 169 cm³/mol. The first kappa shape index (κ1) is 35.4. The molecule has 2 aromatic rings. The lowest BCUT2D eigenvalue weighted by Crippen LogP contribution is -2.57. The summed E-state index contributed by atoms with van der Waals surface area (Å²) in [6.07, 6.45) is 5.94. The van der Waals surface area contributed by atoms with Crippen molar-refractivity contribution >= 4 is 52.3 Å². The van der Waals surface area contributed by atoms with Gasteiger partial charge in [0.1, 0.15) is 18.1 Å². The van der Waals surface area contributed by atoms with Crippen molar-refractivity contribution in [2.24, 2.45) is 27.9 Å². The summed E-state index contributed by atoms with van der Waals surface area (Å²) in [5.41, 5.74) is 24.1. The molecule has 0 saturated carbocycles. The number of nitrogens with two attached hydrogens (primary N) is 4. The molecule has 0 aliphatic heterocycles. The Kier molecular flexibility index (Phi) is 15.4. The van der Waals surface area contributed by atoms with E-state index in [0.717, 1.165) is 16.5 Å². The minimum absolute atomic E-state index is 0.116. The van der Waals surface area contributed by atoms with Crippen molar-refractivity contribution in [3.05, 3.63) is 36.0 Å². The molecule has 0 bridgehead atoms. The number of carboxylic acids is 1. The molecule has 0 aliphatic rings. The van der Waals surface area contributed by atoms with Gasteiger partial charge in [0.25, 0.3) is 0 Å². The molecule has 1 aromatic carbocycles. The summed E-state index contributed by atoms with van der Waals surface area (Å²) in [6, 6.07) is 3.37. The Morgan fingerprint density at radius 3 is 2.26 bits per heavy atom. The average molecular weight is 620 g/mol. The van der Waals surface area contributed by atoms with Crippen molar-refractivity contribution in [1.82, 2.24) is 20.9 Å². The van der Waals surface area contributed by atoms with Crippen molar-refractivity contribution in [2.45, 2.75) is 69.1 Å². The molecule has 0 radical (unpaired) electrons. The van der Waals surface area contributed by atoms with Gasteiger partial charge in [-0.15, -0.1) is 0 Å². The van der Waals surface area contributed by atoms with Crippen molar-refractivity contribution in [1.29, 1.82) is 0 Å². The van der Waals surface area contributed by atoms with Gasteiger partial charge in [0.05, 0.1) is 6.04 Å². The fourth-order valence-corrected chi connectivity index (χ4v) is 4.94. The Hall–Kier alpha value is -3.82. The molecular formula is C28H45N9O5S. The van der Waals surface area contributed by atoms with Gasteiger partial charge in [-0.1, -0.05) is 18.2 Å². The number of benzene rings is 1. The zero-order chi connectivity index (χ0) is 31.8. The van der Waals surface area contributed by atoms with Crippen molar-refractivity contribution in [2.75, 3.05) is 25.1 Å². The maximum atomic E-state index is 13.7. The normalized spacial score (nSPS) is 13.8. The summed E-state index contributed by atoms with van der Waals surface area (Å²) in [5.74, 6) is -2.43. The summed E-state index contributed by atoms with van der Waals surface area (Å²) >= 11 is 1.55. The minimum atomic E-state index is -1.19. The summed E-state index contributed by atoms with van der Waals surface area (Å²) in [6.45, 7) is 0.592. The van der Waals surface area contributed by atoms with Crippen molar-refractivity contribution in [3.8, 4) is 0 Å². The molecule has 238 valence electrons. The van der Waals surface area contributed by atoms with Crippen LogP contribution in [0.2, 0.25) is 0 Å². The lowest BCUT2D eigenvalue weighted by Gasteiger charge is -2.25.